The van der Waals surface area contributed by atoms with E-state index in [0.29, 0.717) is 33.9 Å². The molecule has 0 fully saturated rings. The molecule has 0 spiro atoms. The monoisotopic (exact) mass is 468 g/mol. The maximum Gasteiger partial charge on any atom is 0.269 e. The van der Waals surface area contributed by atoms with Gasteiger partial charge >= 0.3 is 0 Å². The molecule has 2 aromatic carbocycles. The van der Waals surface area contributed by atoms with Gasteiger partial charge in [-0.05, 0) is 54.8 Å². The van der Waals surface area contributed by atoms with Gasteiger partial charge in [0, 0.05) is 36.8 Å². The van der Waals surface area contributed by atoms with Crippen LogP contribution in [-0.2, 0) is 11.8 Å². The van der Waals surface area contributed by atoms with E-state index in [0.717, 1.165) is 0 Å². The van der Waals surface area contributed by atoms with Crippen LogP contribution < -0.4 is 5.56 Å². The van der Waals surface area contributed by atoms with Crippen molar-refractivity contribution >= 4 is 40.2 Å². The Morgan fingerprint density at radius 3 is 2.48 bits per heavy atom. The number of benzene rings is 2. The van der Waals surface area contributed by atoms with Gasteiger partial charge in [0.2, 0.25) is 5.91 Å². The van der Waals surface area contributed by atoms with Crippen LogP contribution in [0.3, 0.4) is 0 Å². The number of nitro benzene ring substituents is 1. The van der Waals surface area contributed by atoms with E-state index in [1.54, 1.807) is 48.4 Å². The molecule has 0 aliphatic carbocycles. The van der Waals surface area contributed by atoms with E-state index in [4.69, 9.17) is 11.6 Å². The molecule has 1 aromatic heterocycles. The van der Waals surface area contributed by atoms with Crippen LogP contribution in [0, 0.1) is 16.0 Å². The van der Waals surface area contributed by atoms with Gasteiger partial charge in [-0.2, -0.15) is 0 Å². The third-order valence-electron chi connectivity index (χ3n) is 5.28. The first-order valence-electron chi connectivity index (χ1n) is 10.5. The third kappa shape index (κ3) is 5.46. The van der Waals surface area contributed by atoms with Gasteiger partial charge in [0.05, 0.1) is 21.9 Å². The Hall–Kier alpha value is -3.52. The van der Waals surface area contributed by atoms with E-state index >= 15 is 0 Å². The number of halogens is 1. The first-order valence-corrected chi connectivity index (χ1v) is 10.9. The van der Waals surface area contributed by atoms with Crippen molar-refractivity contribution in [2.75, 3.05) is 6.54 Å². The molecule has 1 atom stereocenters. The van der Waals surface area contributed by atoms with Crippen LogP contribution in [0.5, 0.6) is 0 Å². The number of fused-ring (bicyclic) bond motifs is 1. The third-order valence-corrected chi connectivity index (χ3v) is 5.52. The van der Waals surface area contributed by atoms with E-state index in [-0.39, 0.29) is 23.1 Å². The summed E-state index contributed by atoms with van der Waals surface area (Å²) < 4.78 is 1.46. The van der Waals surface area contributed by atoms with Gasteiger partial charge in [-0.1, -0.05) is 25.4 Å². The summed E-state index contributed by atoms with van der Waals surface area (Å²) in [7, 11) is 1.64. The van der Waals surface area contributed by atoms with Crippen molar-refractivity contribution in [1.29, 1.82) is 0 Å². The summed E-state index contributed by atoms with van der Waals surface area (Å²) >= 11 is 6.09. The number of aromatic nitrogens is 2. The quantitative estimate of drug-likeness (QED) is 0.283. The van der Waals surface area contributed by atoms with Gasteiger partial charge in [-0.25, -0.2) is 4.98 Å². The number of rotatable bonds is 7. The first kappa shape index (κ1) is 24.1. The molecule has 0 aliphatic heterocycles. The van der Waals surface area contributed by atoms with Crippen LogP contribution >= 0.6 is 11.6 Å². The fourth-order valence-electron chi connectivity index (χ4n) is 3.58. The molecular formula is C24H25ClN4O4. The van der Waals surface area contributed by atoms with Gasteiger partial charge in [-0.15, -0.1) is 0 Å². The summed E-state index contributed by atoms with van der Waals surface area (Å²) in [5.41, 5.74) is 0.914. The largest absolute Gasteiger partial charge is 0.329 e. The molecule has 0 radical (unpaired) electrons. The summed E-state index contributed by atoms with van der Waals surface area (Å²) in [5.74, 6) is 0.374. The van der Waals surface area contributed by atoms with E-state index in [2.05, 4.69) is 4.98 Å². The summed E-state index contributed by atoms with van der Waals surface area (Å²) in [6.45, 7) is 6.28. The molecule has 0 saturated carbocycles. The fourth-order valence-corrected chi connectivity index (χ4v) is 3.74. The lowest BCUT2D eigenvalue weighted by Gasteiger charge is -2.30. The van der Waals surface area contributed by atoms with E-state index in [1.165, 1.54) is 22.8 Å². The molecular weight excluding hydrogens is 444 g/mol. The van der Waals surface area contributed by atoms with Crippen molar-refractivity contribution in [2.45, 2.75) is 26.8 Å². The second-order valence-electron chi connectivity index (χ2n) is 8.24. The molecule has 0 aliphatic rings. The Balaban J connectivity index is 1.95. The lowest BCUT2D eigenvalue weighted by molar-refractivity contribution is -0.384. The second-order valence-corrected chi connectivity index (χ2v) is 8.67. The minimum atomic E-state index is -0.484. The highest BCUT2D eigenvalue weighted by Gasteiger charge is 2.25. The minimum absolute atomic E-state index is 0.0167. The highest BCUT2D eigenvalue weighted by Crippen LogP contribution is 2.23. The van der Waals surface area contributed by atoms with Gasteiger partial charge in [0.25, 0.3) is 11.2 Å². The van der Waals surface area contributed by atoms with Crippen molar-refractivity contribution < 1.29 is 9.72 Å². The normalized spacial score (nSPS) is 12.4. The molecule has 3 aromatic rings. The summed E-state index contributed by atoms with van der Waals surface area (Å²) in [6, 6.07) is 10.4. The Morgan fingerprint density at radius 2 is 1.88 bits per heavy atom. The molecule has 1 unspecified atom stereocenters. The maximum atomic E-state index is 13.2. The molecule has 0 saturated heterocycles. The highest BCUT2D eigenvalue weighted by molar-refractivity contribution is 6.31. The number of carbonyl (C=O) groups excluding carboxylic acids is 1. The zero-order valence-electron chi connectivity index (χ0n) is 18.9. The molecule has 8 nitrogen and oxygen atoms in total. The van der Waals surface area contributed by atoms with Gasteiger partial charge in [0.1, 0.15) is 5.82 Å². The standard InChI is InChI=1S/C24H25ClN4O4/c1-15(2)14-28(22(30)12-7-17-5-9-19(10-6-17)29(32)33)16(3)23-26-21-13-18(25)8-11-20(21)24(31)27(23)4/h5-13,15-16H,14H2,1-4H3/b12-7+. The molecule has 172 valence electrons. The van der Waals surface area contributed by atoms with Crippen molar-refractivity contribution in [3.63, 3.8) is 0 Å². The van der Waals surface area contributed by atoms with Crippen LogP contribution in [0.4, 0.5) is 5.69 Å². The smallest absolute Gasteiger partial charge is 0.269 e. The Labute approximate surface area is 196 Å². The maximum absolute atomic E-state index is 13.2. The number of non-ortho nitro benzene ring substituents is 1. The lowest BCUT2D eigenvalue weighted by Crippen LogP contribution is -2.38. The van der Waals surface area contributed by atoms with E-state index in [9.17, 15) is 19.7 Å². The van der Waals surface area contributed by atoms with Crippen LogP contribution in [-0.4, -0.2) is 31.8 Å². The highest BCUT2D eigenvalue weighted by atomic mass is 35.5. The van der Waals surface area contributed by atoms with Crippen LogP contribution in [0.2, 0.25) is 5.02 Å². The predicted octanol–water partition coefficient (Wildman–Crippen LogP) is 4.75. The molecule has 33 heavy (non-hydrogen) atoms. The zero-order valence-corrected chi connectivity index (χ0v) is 19.6. The average molecular weight is 469 g/mol. The van der Waals surface area contributed by atoms with E-state index in [1.807, 2.05) is 20.8 Å². The number of hydrogen-bond donors (Lipinski definition) is 0. The molecule has 9 heteroatoms. The fraction of sp³-hybridized carbons (Fsp3) is 0.292. The van der Waals surface area contributed by atoms with Crippen molar-refractivity contribution in [2.24, 2.45) is 13.0 Å². The predicted molar refractivity (Wildman–Crippen MR) is 129 cm³/mol. The van der Waals surface area contributed by atoms with Crippen LogP contribution in [0.15, 0.2) is 53.3 Å². The number of amides is 1. The van der Waals surface area contributed by atoms with Crippen molar-refractivity contribution in [3.8, 4) is 0 Å². The van der Waals surface area contributed by atoms with Crippen molar-refractivity contribution in [1.82, 2.24) is 14.5 Å². The molecule has 0 N–H and O–H groups in total. The zero-order chi connectivity index (χ0) is 24.3. The van der Waals surface area contributed by atoms with Crippen molar-refractivity contribution in [3.05, 3.63) is 85.4 Å². The molecule has 3 rings (SSSR count). The van der Waals surface area contributed by atoms with Gasteiger partial charge < -0.3 is 4.90 Å². The Bertz CT molecular complexity index is 1280. The summed E-state index contributed by atoms with van der Waals surface area (Å²) in [4.78, 5) is 42.7. The number of nitrogens with zero attached hydrogens (tertiary/aromatic N) is 4. The SMILES string of the molecule is CC(C)CN(C(=O)/C=C/c1ccc([N+](=O)[O-])cc1)C(C)c1nc2cc(Cl)ccc2c(=O)n1C. The molecule has 1 heterocycles. The van der Waals surface area contributed by atoms with Crippen LogP contribution in [0.1, 0.15) is 38.2 Å². The van der Waals surface area contributed by atoms with E-state index < -0.39 is 11.0 Å². The molecule has 0 bridgehead atoms. The first-order chi connectivity index (χ1) is 15.6. The molecule has 1 amide bonds. The number of hydrogen-bond acceptors (Lipinski definition) is 5. The Kier molecular flexibility index (Phi) is 7.28. The van der Waals surface area contributed by atoms with Gasteiger partial charge in [0.15, 0.2) is 0 Å². The summed E-state index contributed by atoms with van der Waals surface area (Å²) in [5, 5.41) is 11.8. The minimum Gasteiger partial charge on any atom is -0.329 e. The lowest BCUT2D eigenvalue weighted by atomic mass is 10.1. The number of carbonyl (C=O) groups is 1. The van der Waals surface area contributed by atoms with Gasteiger partial charge in [-0.3, -0.25) is 24.3 Å². The number of nitro groups is 1. The Morgan fingerprint density at radius 1 is 1.21 bits per heavy atom. The van der Waals surface area contributed by atoms with Crippen LogP contribution in [0.25, 0.3) is 17.0 Å². The topological polar surface area (TPSA) is 98.3 Å². The second kappa shape index (κ2) is 9.95. The summed E-state index contributed by atoms with van der Waals surface area (Å²) in [6.07, 6.45) is 3.04. The average Bonchev–Trinajstić information content (AvgIpc) is 2.77.